The van der Waals surface area contributed by atoms with Crippen LogP contribution in [0.25, 0.3) is 0 Å². The third-order valence-electron chi connectivity index (χ3n) is 14.5. The SMILES string of the molecule is CCC(C)(C)C(=O)OC1(C)C2CC3CC(C2)CC1C3.CCC(C)(C)C(=O)OC1CCOC1=O.CCC(C)(C)C(=O)OCOC1C2CC3C1NS(=O)(=O)C3C2. The Hall–Kier alpha value is -2.25. The molecule has 0 aromatic carbocycles. The minimum atomic E-state index is -3.17. The highest BCUT2D eigenvalue weighted by Gasteiger charge is 2.63. The molecule has 0 aromatic heterocycles. The molecule has 2 heterocycles. The van der Waals surface area contributed by atoms with Crippen molar-refractivity contribution in [2.75, 3.05) is 13.4 Å². The largest absolute Gasteiger partial charge is 0.463 e. The van der Waals surface area contributed by atoms with Crippen LogP contribution in [0.15, 0.2) is 0 Å². The summed E-state index contributed by atoms with van der Waals surface area (Å²) in [6, 6.07) is -0.142. The van der Waals surface area contributed by atoms with Crippen LogP contribution in [0.1, 0.15) is 140 Å². The number of carbonyl (C=O) groups excluding carboxylic acids is 4. The van der Waals surface area contributed by atoms with E-state index in [4.69, 9.17) is 23.7 Å². The molecule has 0 aromatic rings. The van der Waals surface area contributed by atoms with E-state index in [1.165, 1.54) is 32.1 Å². The molecule has 6 saturated carbocycles. The Kier molecular flexibility index (Phi) is 12.7. The standard InChI is InChI=1S/C17H28O2.C14H23NO5S.C10H16O4/c1-5-16(2,3)15(18)19-17(4)13-7-11-6-12(9-13)10-14(17)8-11;1-4-14(2,3)13(16)20-7-19-12-8-5-9-10(6-8)21(17,18)15-11(9)12;1-4-10(2,3)9(12)14-7-5-6-13-8(7)11/h11-14H,5-10H2,1-4H3;8-12,15H,4-7H2,1-3H3;7H,4-6H2,1-3H3. The predicted molar refractivity (Wildman–Crippen MR) is 201 cm³/mol. The van der Waals surface area contributed by atoms with Gasteiger partial charge >= 0.3 is 23.9 Å². The molecule has 0 radical (unpaired) electrons. The number of cyclic esters (lactones) is 1. The van der Waals surface area contributed by atoms with Gasteiger partial charge in [0, 0.05) is 6.42 Å². The van der Waals surface area contributed by atoms with Crippen molar-refractivity contribution in [3.8, 4) is 0 Å². The Labute approximate surface area is 323 Å². The lowest BCUT2D eigenvalue weighted by molar-refractivity contribution is -0.211. The minimum absolute atomic E-state index is 0.0185. The minimum Gasteiger partial charge on any atom is -0.463 e. The summed E-state index contributed by atoms with van der Waals surface area (Å²) < 4.78 is 53.4. The van der Waals surface area contributed by atoms with Crippen molar-refractivity contribution in [3.63, 3.8) is 0 Å². The number of hydrogen-bond donors (Lipinski definition) is 1. The first kappa shape index (κ1) is 42.9. The molecule has 6 atom stereocenters. The number of hydrogen-bond acceptors (Lipinski definition) is 11. The normalized spacial score (nSPS) is 36.7. The van der Waals surface area contributed by atoms with E-state index in [-0.39, 0.29) is 64.9 Å². The van der Waals surface area contributed by atoms with Crippen molar-refractivity contribution >= 4 is 33.9 Å². The van der Waals surface area contributed by atoms with E-state index in [9.17, 15) is 27.6 Å². The maximum Gasteiger partial charge on any atom is 0.347 e. The van der Waals surface area contributed by atoms with E-state index < -0.39 is 32.9 Å². The lowest BCUT2D eigenvalue weighted by atomic mass is 9.50. The Bertz CT molecular complexity index is 1490. The molecule has 13 heteroatoms. The highest BCUT2D eigenvalue weighted by atomic mass is 32.2. The van der Waals surface area contributed by atoms with Gasteiger partial charge in [-0.25, -0.2) is 17.9 Å². The van der Waals surface area contributed by atoms with E-state index in [2.05, 4.69) is 18.6 Å². The lowest BCUT2D eigenvalue weighted by Gasteiger charge is -2.59. The number of ether oxygens (including phenoxy) is 5. The zero-order chi connectivity index (χ0) is 40.0. The number of carbonyl (C=O) groups is 4. The molecule has 0 spiro atoms. The maximum absolute atomic E-state index is 12.5. The fraction of sp³-hybridized carbons (Fsp3) is 0.902. The Morgan fingerprint density at radius 3 is 1.85 bits per heavy atom. The van der Waals surface area contributed by atoms with Crippen molar-refractivity contribution in [2.24, 2.45) is 51.8 Å². The zero-order valence-corrected chi connectivity index (χ0v) is 35.2. The molecule has 54 heavy (non-hydrogen) atoms. The molecule has 8 rings (SSSR count). The van der Waals surface area contributed by atoms with E-state index in [0.29, 0.717) is 44.1 Å². The molecule has 308 valence electrons. The van der Waals surface area contributed by atoms with Crippen molar-refractivity contribution in [3.05, 3.63) is 0 Å². The van der Waals surface area contributed by atoms with Crippen LogP contribution in [0.5, 0.6) is 0 Å². The van der Waals surface area contributed by atoms with Crippen molar-refractivity contribution in [2.45, 2.75) is 169 Å². The first-order valence-electron chi connectivity index (χ1n) is 20.5. The van der Waals surface area contributed by atoms with Crippen molar-refractivity contribution < 1.29 is 51.3 Å². The molecule has 12 nitrogen and oxygen atoms in total. The fourth-order valence-electron chi connectivity index (χ4n) is 9.57. The zero-order valence-electron chi connectivity index (χ0n) is 34.4. The Morgan fingerprint density at radius 1 is 0.796 bits per heavy atom. The van der Waals surface area contributed by atoms with Crippen LogP contribution in [0.2, 0.25) is 0 Å². The van der Waals surface area contributed by atoms with Crippen LogP contribution in [0.4, 0.5) is 0 Å². The van der Waals surface area contributed by atoms with Gasteiger partial charge in [0.25, 0.3) is 0 Å². The summed E-state index contributed by atoms with van der Waals surface area (Å²) in [6.07, 6.45) is 10.0. The average Bonchev–Trinajstić information content (AvgIpc) is 3.86. The summed E-state index contributed by atoms with van der Waals surface area (Å²) in [5.74, 6) is 2.50. The Balaban J connectivity index is 0.000000159. The average molecular weight is 782 g/mol. The van der Waals surface area contributed by atoms with Gasteiger partial charge in [-0.3, -0.25) is 14.4 Å². The Morgan fingerprint density at radius 2 is 1.33 bits per heavy atom. The van der Waals surface area contributed by atoms with Crippen LogP contribution in [-0.4, -0.2) is 74.8 Å². The topological polar surface area (TPSA) is 161 Å². The van der Waals surface area contributed by atoms with E-state index >= 15 is 0 Å². The molecule has 8 fully saturated rings. The van der Waals surface area contributed by atoms with Gasteiger partial charge in [-0.2, -0.15) is 0 Å². The van der Waals surface area contributed by atoms with Crippen LogP contribution in [0, 0.1) is 51.8 Å². The second kappa shape index (κ2) is 15.9. The molecule has 6 bridgehead atoms. The molecule has 2 saturated heterocycles. The second-order valence-corrected chi connectivity index (χ2v) is 21.2. The van der Waals surface area contributed by atoms with E-state index in [1.807, 2.05) is 41.5 Å². The number of fused-ring (bicyclic) bond motifs is 1. The number of esters is 4. The van der Waals surface area contributed by atoms with E-state index in [0.717, 1.165) is 24.7 Å². The van der Waals surface area contributed by atoms with Gasteiger partial charge in [0.2, 0.25) is 16.1 Å². The molecule has 2 aliphatic heterocycles. The van der Waals surface area contributed by atoms with Gasteiger partial charge in [0.1, 0.15) is 5.60 Å². The third-order valence-corrected chi connectivity index (χ3v) is 16.5. The highest BCUT2D eigenvalue weighted by Crippen LogP contribution is 2.60. The number of nitrogens with one attached hydrogen (secondary N) is 1. The lowest BCUT2D eigenvalue weighted by Crippen LogP contribution is -2.58. The maximum atomic E-state index is 12.5. The van der Waals surface area contributed by atoms with Crippen LogP contribution in [-0.2, 0) is 52.9 Å². The summed E-state index contributed by atoms with van der Waals surface area (Å²) >= 11 is 0. The first-order valence-corrected chi connectivity index (χ1v) is 22.0. The smallest absolute Gasteiger partial charge is 0.347 e. The van der Waals surface area contributed by atoms with Crippen LogP contribution >= 0.6 is 0 Å². The number of rotatable bonds is 11. The molecule has 6 aliphatic carbocycles. The summed E-state index contributed by atoms with van der Waals surface area (Å²) in [6.45, 7) is 19.7. The molecular weight excluding hydrogens is 715 g/mol. The van der Waals surface area contributed by atoms with Crippen molar-refractivity contribution in [1.82, 2.24) is 4.72 Å². The summed E-state index contributed by atoms with van der Waals surface area (Å²) in [7, 11) is -3.17. The van der Waals surface area contributed by atoms with Gasteiger partial charge in [-0.05, 0) is 148 Å². The summed E-state index contributed by atoms with van der Waals surface area (Å²) in [5, 5.41) is -0.242. The van der Waals surface area contributed by atoms with Gasteiger partial charge in [-0.15, -0.1) is 0 Å². The van der Waals surface area contributed by atoms with Gasteiger partial charge in [0.15, 0.2) is 6.79 Å². The van der Waals surface area contributed by atoms with Gasteiger partial charge < -0.3 is 23.7 Å². The van der Waals surface area contributed by atoms with Crippen LogP contribution in [0.3, 0.4) is 0 Å². The fourth-order valence-corrected chi connectivity index (χ4v) is 11.7. The molecule has 8 aliphatic rings. The summed E-state index contributed by atoms with van der Waals surface area (Å²) in [5.41, 5.74) is -1.55. The van der Waals surface area contributed by atoms with Gasteiger partial charge in [-0.1, -0.05) is 20.8 Å². The van der Waals surface area contributed by atoms with Crippen LogP contribution < -0.4 is 4.72 Å². The predicted octanol–water partition coefficient (Wildman–Crippen LogP) is 6.48. The molecule has 6 unspecified atom stereocenters. The number of sulfonamides is 1. The first-order chi connectivity index (χ1) is 25.1. The monoisotopic (exact) mass is 781 g/mol. The molecule has 1 N–H and O–H groups in total. The second-order valence-electron chi connectivity index (χ2n) is 19.2. The highest BCUT2D eigenvalue weighted by molar-refractivity contribution is 7.90. The quantitative estimate of drug-likeness (QED) is 0.139. The molecule has 0 amide bonds. The van der Waals surface area contributed by atoms with Crippen molar-refractivity contribution in [1.29, 1.82) is 0 Å². The summed E-state index contributed by atoms with van der Waals surface area (Å²) in [4.78, 5) is 46.9. The third kappa shape index (κ3) is 8.67. The van der Waals surface area contributed by atoms with E-state index in [1.54, 1.807) is 13.8 Å². The molecular formula is C41H67NO11S. The van der Waals surface area contributed by atoms with Gasteiger partial charge in [0.05, 0.1) is 40.2 Å².